The molecule has 110 valence electrons. The highest BCUT2D eigenvalue weighted by Crippen LogP contribution is 2.37. The van der Waals surface area contributed by atoms with Gasteiger partial charge in [-0.25, -0.2) is 0 Å². The number of para-hydroxylation sites is 1. The maximum Gasteiger partial charge on any atom is 0.137 e. The quantitative estimate of drug-likeness (QED) is 0.822. The summed E-state index contributed by atoms with van der Waals surface area (Å²) in [5, 5.41) is 4.60. The maximum absolute atomic E-state index is 6.24. The fourth-order valence-corrected chi connectivity index (χ4v) is 2.86. The van der Waals surface area contributed by atoms with Crippen LogP contribution in [0.15, 0.2) is 28.7 Å². The minimum absolute atomic E-state index is 0.124. The van der Waals surface area contributed by atoms with E-state index in [1.54, 1.807) is 0 Å². The van der Waals surface area contributed by atoms with Crippen molar-refractivity contribution >= 4 is 11.0 Å². The Morgan fingerprint density at radius 2 is 1.95 bits per heavy atom. The summed E-state index contributed by atoms with van der Waals surface area (Å²) in [6.45, 7) is 11.2. The number of nitrogens with one attached hydrogen (secondary N) is 1. The Kier molecular flexibility index (Phi) is 4.24. The van der Waals surface area contributed by atoms with Gasteiger partial charge in [-0.2, -0.15) is 0 Å². The van der Waals surface area contributed by atoms with Gasteiger partial charge in [-0.1, -0.05) is 52.8 Å². The van der Waals surface area contributed by atoms with Crippen LogP contribution in [0.2, 0.25) is 0 Å². The third-order valence-corrected chi connectivity index (χ3v) is 4.18. The fraction of sp³-hybridized carbons (Fsp3) is 0.556. The van der Waals surface area contributed by atoms with Crippen LogP contribution in [0.1, 0.15) is 64.3 Å². The molecule has 0 aliphatic rings. The molecule has 0 aliphatic carbocycles. The first kappa shape index (κ1) is 15.1. The van der Waals surface area contributed by atoms with E-state index in [1.807, 2.05) is 7.05 Å². The van der Waals surface area contributed by atoms with E-state index >= 15 is 0 Å². The van der Waals surface area contributed by atoms with Crippen molar-refractivity contribution < 1.29 is 4.42 Å². The minimum atomic E-state index is 0.124. The smallest absolute Gasteiger partial charge is 0.137 e. The van der Waals surface area contributed by atoms with Crippen molar-refractivity contribution in [2.24, 2.45) is 5.41 Å². The van der Waals surface area contributed by atoms with Crippen molar-refractivity contribution in [1.82, 2.24) is 5.32 Å². The molecule has 0 amide bonds. The zero-order valence-corrected chi connectivity index (χ0v) is 13.6. The lowest BCUT2D eigenvalue weighted by Crippen LogP contribution is -2.29. The van der Waals surface area contributed by atoms with Gasteiger partial charge < -0.3 is 9.73 Å². The first-order valence-electron chi connectivity index (χ1n) is 7.58. The third-order valence-electron chi connectivity index (χ3n) is 4.18. The van der Waals surface area contributed by atoms with E-state index in [-0.39, 0.29) is 11.5 Å². The Labute approximate surface area is 122 Å². The standard InChI is InChI=1S/C18H27NO/c1-7-12(2)14-10-8-9-13-11-15(20-16(13)14)17(19-6)18(3,4)5/h8-12,17,19H,7H2,1-6H3. The number of furan rings is 1. The Hall–Kier alpha value is -1.28. The molecular weight excluding hydrogens is 246 g/mol. The highest BCUT2D eigenvalue weighted by atomic mass is 16.3. The Morgan fingerprint density at radius 3 is 2.50 bits per heavy atom. The molecule has 0 radical (unpaired) electrons. The van der Waals surface area contributed by atoms with Crippen LogP contribution in [0, 0.1) is 5.41 Å². The van der Waals surface area contributed by atoms with E-state index in [0.29, 0.717) is 5.92 Å². The summed E-state index contributed by atoms with van der Waals surface area (Å²) in [5.74, 6) is 1.56. The largest absolute Gasteiger partial charge is 0.459 e. The predicted molar refractivity (Wildman–Crippen MR) is 86.2 cm³/mol. The summed E-state index contributed by atoms with van der Waals surface area (Å²) in [6.07, 6.45) is 1.13. The number of hydrogen-bond donors (Lipinski definition) is 1. The maximum atomic E-state index is 6.24. The van der Waals surface area contributed by atoms with Gasteiger partial charge in [0.25, 0.3) is 0 Å². The molecule has 0 spiro atoms. The second-order valence-electron chi connectivity index (χ2n) is 6.81. The Morgan fingerprint density at radius 1 is 1.25 bits per heavy atom. The minimum Gasteiger partial charge on any atom is -0.459 e. The van der Waals surface area contributed by atoms with E-state index < -0.39 is 0 Å². The normalized spacial score (nSPS) is 15.5. The van der Waals surface area contributed by atoms with Crippen molar-refractivity contribution in [2.75, 3.05) is 7.05 Å². The molecule has 2 nitrogen and oxygen atoms in total. The van der Waals surface area contributed by atoms with Gasteiger partial charge in [-0.15, -0.1) is 0 Å². The van der Waals surface area contributed by atoms with Gasteiger partial charge in [0.15, 0.2) is 0 Å². The molecule has 20 heavy (non-hydrogen) atoms. The van der Waals surface area contributed by atoms with Crippen molar-refractivity contribution in [3.63, 3.8) is 0 Å². The molecule has 0 bridgehead atoms. The molecular formula is C18H27NO. The Bertz CT molecular complexity index is 577. The highest BCUT2D eigenvalue weighted by molar-refractivity contribution is 5.81. The van der Waals surface area contributed by atoms with Gasteiger partial charge in [0.2, 0.25) is 0 Å². The molecule has 2 rings (SSSR count). The molecule has 1 aromatic heterocycles. The molecule has 0 saturated heterocycles. The second-order valence-corrected chi connectivity index (χ2v) is 6.81. The van der Waals surface area contributed by atoms with E-state index in [0.717, 1.165) is 17.8 Å². The van der Waals surface area contributed by atoms with Gasteiger partial charge >= 0.3 is 0 Å². The van der Waals surface area contributed by atoms with Crippen molar-refractivity contribution in [3.05, 3.63) is 35.6 Å². The van der Waals surface area contributed by atoms with Crippen LogP contribution in [0.25, 0.3) is 11.0 Å². The summed E-state index contributed by atoms with van der Waals surface area (Å²) in [7, 11) is 2.00. The number of fused-ring (bicyclic) bond motifs is 1. The number of benzene rings is 1. The van der Waals surface area contributed by atoms with Crippen LogP contribution in [0.5, 0.6) is 0 Å². The van der Waals surface area contributed by atoms with Gasteiger partial charge in [0.1, 0.15) is 11.3 Å². The van der Waals surface area contributed by atoms with Crippen LogP contribution in [0.4, 0.5) is 0 Å². The molecule has 2 heteroatoms. The monoisotopic (exact) mass is 273 g/mol. The predicted octanol–water partition coefficient (Wildman–Crippen LogP) is 5.25. The topological polar surface area (TPSA) is 25.2 Å². The van der Waals surface area contributed by atoms with Crippen LogP contribution in [0.3, 0.4) is 0 Å². The number of hydrogen-bond acceptors (Lipinski definition) is 2. The molecule has 2 unspecified atom stereocenters. The summed E-state index contributed by atoms with van der Waals surface area (Å²) in [4.78, 5) is 0. The highest BCUT2D eigenvalue weighted by Gasteiger charge is 2.28. The van der Waals surface area contributed by atoms with E-state index in [4.69, 9.17) is 4.42 Å². The lowest BCUT2D eigenvalue weighted by atomic mass is 9.85. The second kappa shape index (κ2) is 5.61. The Balaban J connectivity index is 2.53. The summed E-state index contributed by atoms with van der Waals surface area (Å²) < 4.78 is 6.24. The van der Waals surface area contributed by atoms with Gasteiger partial charge in [0, 0.05) is 5.39 Å². The van der Waals surface area contributed by atoms with E-state index in [1.165, 1.54) is 10.9 Å². The molecule has 0 saturated carbocycles. The molecule has 0 aliphatic heterocycles. The molecule has 1 N–H and O–H groups in total. The summed E-state index contributed by atoms with van der Waals surface area (Å²) in [6, 6.07) is 8.88. The summed E-state index contributed by atoms with van der Waals surface area (Å²) in [5.41, 5.74) is 2.50. The van der Waals surface area contributed by atoms with Crippen molar-refractivity contribution in [2.45, 2.75) is 53.0 Å². The van der Waals surface area contributed by atoms with Gasteiger partial charge in [-0.3, -0.25) is 0 Å². The molecule has 2 atom stereocenters. The van der Waals surface area contributed by atoms with Crippen LogP contribution in [-0.2, 0) is 0 Å². The summed E-state index contributed by atoms with van der Waals surface area (Å²) >= 11 is 0. The van der Waals surface area contributed by atoms with Crippen molar-refractivity contribution in [1.29, 1.82) is 0 Å². The zero-order valence-electron chi connectivity index (χ0n) is 13.6. The van der Waals surface area contributed by atoms with Crippen LogP contribution < -0.4 is 5.32 Å². The SMILES string of the molecule is CCC(C)c1cccc2cc(C(NC)C(C)(C)C)oc12. The average Bonchev–Trinajstić information content (AvgIpc) is 2.79. The number of rotatable bonds is 4. The van der Waals surface area contributed by atoms with Gasteiger partial charge in [-0.05, 0) is 36.4 Å². The first-order chi connectivity index (χ1) is 9.38. The third kappa shape index (κ3) is 2.76. The lowest BCUT2D eigenvalue weighted by Gasteiger charge is -2.28. The van der Waals surface area contributed by atoms with Gasteiger partial charge in [0.05, 0.1) is 6.04 Å². The molecule has 1 heterocycles. The van der Waals surface area contributed by atoms with Crippen molar-refractivity contribution in [3.8, 4) is 0 Å². The first-order valence-corrected chi connectivity index (χ1v) is 7.58. The zero-order chi connectivity index (χ0) is 14.9. The van der Waals surface area contributed by atoms with E-state index in [2.05, 4.69) is 64.2 Å². The van der Waals surface area contributed by atoms with Crippen LogP contribution in [-0.4, -0.2) is 7.05 Å². The molecule has 0 fully saturated rings. The molecule has 2 aromatic rings. The lowest BCUT2D eigenvalue weighted by molar-refractivity contribution is 0.253. The fourth-order valence-electron chi connectivity index (χ4n) is 2.86. The molecule has 1 aromatic carbocycles. The average molecular weight is 273 g/mol. The van der Waals surface area contributed by atoms with Crippen LogP contribution >= 0.6 is 0 Å². The van der Waals surface area contributed by atoms with E-state index in [9.17, 15) is 0 Å².